The molecule has 0 rings (SSSR count). The molecule has 0 saturated carbocycles. The van der Waals surface area contributed by atoms with Gasteiger partial charge in [-0.3, -0.25) is 0 Å². The zero-order valence-corrected chi connectivity index (χ0v) is 9.27. The summed E-state index contributed by atoms with van der Waals surface area (Å²) in [6.07, 6.45) is 0. The van der Waals surface area contributed by atoms with E-state index in [9.17, 15) is 0 Å². The van der Waals surface area contributed by atoms with E-state index in [1.807, 2.05) is 0 Å². The van der Waals surface area contributed by atoms with Gasteiger partial charge in [-0.1, -0.05) is 0 Å². The second-order valence-electron chi connectivity index (χ2n) is 0.513. The van der Waals surface area contributed by atoms with Gasteiger partial charge in [-0.15, -0.1) is 0 Å². The summed E-state index contributed by atoms with van der Waals surface area (Å²) in [7, 11) is -4.64. The Morgan fingerprint density at radius 1 is 0.900 bits per heavy atom. The molecular formula is H7CaCl2O6P. The zero-order chi connectivity index (χ0) is 4.50. The largest absolute Gasteiger partial charge is 2.00 e. The molecule has 0 atom stereocenters. The van der Waals surface area contributed by atoms with Gasteiger partial charge in [0.05, 0.1) is 0 Å². The minimum Gasteiger partial charge on any atom is -1.00 e. The van der Waals surface area contributed by atoms with Crippen molar-refractivity contribution in [2.45, 2.75) is 0 Å². The summed E-state index contributed by atoms with van der Waals surface area (Å²) in [5.41, 5.74) is 0. The van der Waals surface area contributed by atoms with Gasteiger partial charge in [-0.2, -0.15) is 0 Å². The third-order valence-corrected chi connectivity index (χ3v) is 0. The van der Waals surface area contributed by atoms with Crippen molar-refractivity contribution in [3.8, 4) is 0 Å². The summed E-state index contributed by atoms with van der Waals surface area (Å²) < 4.78 is 8.88. The first kappa shape index (κ1) is 40.7. The molecule has 0 saturated heterocycles. The molecule has 64 valence electrons. The Labute approximate surface area is 99.7 Å². The Bertz CT molecular complexity index is 61.9. The molecule has 0 aliphatic heterocycles. The van der Waals surface area contributed by atoms with Crippen LogP contribution in [0.4, 0.5) is 0 Å². The summed E-state index contributed by atoms with van der Waals surface area (Å²) in [6, 6.07) is 0. The maximum absolute atomic E-state index is 8.88. The monoisotopic (exact) mass is 244 g/mol. The van der Waals surface area contributed by atoms with Gasteiger partial charge in [-0.25, -0.2) is 4.57 Å². The van der Waals surface area contributed by atoms with Crippen molar-refractivity contribution in [2.75, 3.05) is 0 Å². The molecular weight excluding hydrogens is 238 g/mol. The molecule has 10 heteroatoms. The summed E-state index contributed by atoms with van der Waals surface area (Å²) >= 11 is 0. The molecule has 0 heterocycles. The molecule has 0 amide bonds. The van der Waals surface area contributed by atoms with Crippen LogP contribution in [0, 0.1) is 0 Å². The molecule has 0 aromatic carbocycles. The van der Waals surface area contributed by atoms with E-state index in [0.29, 0.717) is 0 Å². The van der Waals surface area contributed by atoms with E-state index in [-0.39, 0.29) is 73.5 Å². The van der Waals surface area contributed by atoms with Crippen molar-refractivity contribution < 1.29 is 55.0 Å². The minimum atomic E-state index is -4.64. The fraction of sp³-hybridized carbons (Fsp3) is 0. The topological polar surface area (TPSA) is 141 Å². The van der Waals surface area contributed by atoms with E-state index in [1.165, 1.54) is 0 Å². The standard InChI is InChI=1S/Ca.2ClH.H3O4P.2H2O/c;;;1-5(2,3)4;;/h;2*1H;(H3,1,2,3,4);2*1H2/q+2;;;;;/p-2. The Kier molecular flexibility index (Phi) is 69.6. The van der Waals surface area contributed by atoms with Gasteiger partial charge in [0.1, 0.15) is 0 Å². The molecule has 0 aliphatic carbocycles. The molecule has 0 fully saturated rings. The Morgan fingerprint density at radius 2 is 0.900 bits per heavy atom. The van der Waals surface area contributed by atoms with Crippen LogP contribution in [0.5, 0.6) is 0 Å². The molecule has 7 N–H and O–H groups in total. The maximum Gasteiger partial charge on any atom is 2.00 e. The van der Waals surface area contributed by atoms with Crippen molar-refractivity contribution in [3.05, 3.63) is 0 Å². The van der Waals surface area contributed by atoms with Gasteiger partial charge in [-0.05, 0) is 0 Å². The van der Waals surface area contributed by atoms with Crippen LogP contribution in [0.2, 0.25) is 0 Å². The number of phosphoric acid groups is 1. The number of hydrogen-bond acceptors (Lipinski definition) is 1. The zero-order valence-electron chi connectivity index (χ0n) is 4.66. The van der Waals surface area contributed by atoms with E-state index >= 15 is 0 Å². The number of halogens is 2. The van der Waals surface area contributed by atoms with Crippen molar-refractivity contribution in [1.29, 1.82) is 0 Å². The van der Waals surface area contributed by atoms with Crippen molar-refractivity contribution in [3.63, 3.8) is 0 Å². The van der Waals surface area contributed by atoms with Gasteiger partial charge in [0.15, 0.2) is 0 Å². The van der Waals surface area contributed by atoms with E-state index in [0.717, 1.165) is 0 Å². The average molecular weight is 245 g/mol. The van der Waals surface area contributed by atoms with E-state index in [4.69, 9.17) is 19.2 Å². The number of hydrogen-bond donors (Lipinski definition) is 3. The van der Waals surface area contributed by atoms with Gasteiger partial charge in [0.2, 0.25) is 0 Å². The summed E-state index contributed by atoms with van der Waals surface area (Å²) in [6.45, 7) is 0. The third kappa shape index (κ3) is 222. The summed E-state index contributed by atoms with van der Waals surface area (Å²) in [5.74, 6) is 0. The van der Waals surface area contributed by atoms with Gasteiger partial charge < -0.3 is 50.4 Å². The first-order valence-corrected chi connectivity index (χ1v) is 2.35. The van der Waals surface area contributed by atoms with Gasteiger partial charge in [0.25, 0.3) is 0 Å². The molecule has 0 unspecified atom stereocenters. The van der Waals surface area contributed by atoms with Gasteiger partial charge in [0, 0.05) is 0 Å². The third-order valence-electron chi connectivity index (χ3n) is 0. The first-order chi connectivity index (χ1) is 2.00. The van der Waals surface area contributed by atoms with Crippen LogP contribution >= 0.6 is 7.82 Å². The number of rotatable bonds is 0. The Balaban J connectivity index is -0.00000000800. The molecule has 0 spiro atoms. The quantitative estimate of drug-likeness (QED) is 0.288. The van der Waals surface area contributed by atoms with Crippen LogP contribution in [-0.4, -0.2) is 63.4 Å². The Hall–Kier alpha value is 1.87. The smallest absolute Gasteiger partial charge is 1.00 e. The Morgan fingerprint density at radius 3 is 0.900 bits per heavy atom. The predicted octanol–water partition coefficient (Wildman–Crippen LogP) is -8.95. The van der Waals surface area contributed by atoms with E-state index in [1.54, 1.807) is 0 Å². The van der Waals surface area contributed by atoms with Crippen molar-refractivity contribution >= 4 is 45.6 Å². The maximum atomic E-state index is 8.88. The fourth-order valence-corrected chi connectivity index (χ4v) is 0. The average Bonchev–Trinajstić information content (AvgIpc) is 0.722. The SMILES string of the molecule is O.O.O=P(O)(O)O.[Ca+2].[Cl-].[Cl-]. The van der Waals surface area contributed by atoms with Crippen LogP contribution in [-0.2, 0) is 4.57 Å². The fourth-order valence-electron chi connectivity index (χ4n) is 0. The molecule has 0 radical (unpaired) electrons. The van der Waals surface area contributed by atoms with Crippen LogP contribution in [0.1, 0.15) is 0 Å². The second kappa shape index (κ2) is 17.1. The second-order valence-corrected chi connectivity index (χ2v) is 1.54. The van der Waals surface area contributed by atoms with E-state index in [2.05, 4.69) is 0 Å². The summed E-state index contributed by atoms with van der Waals surface area (Å²) in [4.78, 5) is 21.6. The molecule has 0 aromatic heterocycles. The van der Waals surface area contributed by atoms with E-state index < -0.39 is 7.82 Å². The summed E-state index contributed by atoms with van der Waals surface area (Å²) in [5, 5.41) is 0. The first-order valence-electron chi connectivity index (χ1n) is 0.783. The molecule has 0 aliphatic rings. The molecule has 10 heavy (non-hydrogen) atoms. The molecule has 0 bridgehead atoms. The van der Waals surface area contributed by atoms with Crippen LogP contribution in [0.25, 0.3) is 0 Å². The normalized spacial score (nSPS) is 5.90. The minimum absolute atomic E-state index is 0. The molecule has 6 nitrogen and oxygen atoms in total. The molecule has 0 aromatic rings. The van der Waals surface area contributed by atoms with Crippen LogP contribution in [0.15, 0.2) is 0 Å². The predicted molar refractivity (Wildman–Crippen MR) is 27.2 cm³/mol. The van der Waals surface area contributed by atoms with Crippen LogP contribution < -0.4 is 24.8 Å². The van der Waals surface area contributed by atoms with Crippen LogP contribution in [0.3, 0.4) is 0 Å². The van der Waals surface area contributed by atoms with Gasteiger partial charge >= 0.3 is 45.6 Å². The van der Waals surface area contributed by atoms with Crippen molar-refractivity contribution in [2.24, 2.45) is 0 Å². The van der Waals surface area contributed by atoms with Crippen molar-refractivity contribution in [1.82, 2.24) is 0 Å².